The number of amides is 2. The van der Waals surface area contributed by atoms with Crippen LogP contribution in [0.5, 0.6) is 0 Å². The second kappa shape index (κ2) is 6.21. The van der Waals surface area contributed by atoms with Gasteiger partial charge in [-0.3, -0.25) is 10.1 Å². The number of rotatable bonds is 4. The Kier molecular flexibility index (Phi) is 4.85. The summed E-state index contributed by atoms with van der Waals surface area (Å²) in [5.74, 6) is -1.12. The quantitative estimate of drug-likeness (QED) is 0.652. The molecule has 0 saturated carbocycles. The van der Waals surface area contributed by atoms with E-state index >= 15 is 0 Å². The third-order valence-corrected chi connectivity index (χ3v) is 3.24. The van der Waals surface area contributed by atoms with Gasteiger partial charge in [-0.1, -0.05) is 0 Å². The number of carbonyl (C=O) groups is 2. The lowest BCUT2D eigenvalue weighted by Crippen LogP contribution is -2.42. The molecule has 114 valence electrons. The molecule has 21 heavy (non-hydrogen) atoms. The summed E-state index contributed by atoms with van der Waals surface area (Å²) in [6, 6.07) is 1.28. The fourth-order valence-electron chi connectivity index (χ4n) is 1.68. The molecule has 0 spiro atoms. The van der Waals surface area contributed by atoms with Gasteiger partial charge in [0.15, 0.2) is 0 Å². The van der Waals surface area contributed by atoms with Gasteiger partial charge in [0.2, 0.25) is 0 Å². The van der Waals surface area contributed by atoms with Gasteiger partial charge in [0, 0.05) is 24.4 Å². The Morgan fingerprint density at radius 3 is 2.38 bits per heavy atom. The second-order valence-corrected chi connectivity index (χ2v) is 4.77. The van der Waals surface area contributed by atoms with Crippen LogP contribution in [-0.4, -0.2) is 40.0 Å². The number of carboxylic acids is 1. The molecule has 0 heterocycles. The molecule has 0 aliphatic carbocycles. The van der Waals surface area contributed by atoms with Crippen molar-refractivity contribution < 1.29 is 19.6 Å². The van der Waals surface area contributed by atoms with E-state index in [2.05, 4.69) is 5.32 Å². The number of nitrogens with one attached hydrogen (secondary N) is 1. The second-order valence-electron chi connectivity index (χ2n) is 4.77. The van der Waals surface area contributed by atoms with E-state index in [0.29, 0.717) is 16.8 Å². The largest absolute Gasteiger partial charge is 0.480 e. The molecule has 0 radical (unpaired) electrons. The number of nitro benzene ring substituents is 1. The van der Waals surface area contributed by atoms with Crippen LogP contribution in [0.1, 0.15) is 18.1 Å². The highest BCUT2D eigenvalue weighted by Gasteiger charge is 2.22. The van der Waals surface area contributed by atoms with E-state index in [1.165, 1.54) is 26.1 Å². The van der Waals surface area contributed by atoms with E-state index in [0.717, 1.165) is 4.90 Å². The number of urea groups is 1. The summed E-state index contributed by atoms with van der Waals surface area (Å²) < 4.78 is 0. The Morgan fingerprint density at radius 1 is 1.33 bits per heavy atom. The van der Waals surface area contributed by atoms with Gasteiger partial charge in [0.05, 0.1) is 4.92 Å². The molecular weight excluding hydrogens is 278 g/mol. The van der Waals surface area contributed by atoms with Crippen molar-refractivity contribution in [1.29, 1.82) is 0 Å². The van der Waals surface area contributed by atoms with Crippen LogP contribution in [0.15, 0.2) is 12.1 Å². The first kappa shape index (κ1) is 16.4. The fourth-order valence-corrected chi connectivity index (χ4v) is 1.68. The predicted molar refractivity (Wildman–Crippen MR) is 76.4 cm³/mol. The molecule has 0 aromatic heterocycles. The first-order valence-electron chi connectivity index (χ1n) is 6.17. The smallest absolute Gasteiger partial charge is 0.326 e. The van der Waals surface area contributed by atoms with E-state index in [1.807, 2.05) is 0 Å². The Morgan fingerprint density at radius 2 is 1.90 bits per heavy atom. The van der Waals surface area contributed by atoms with Gasteiger partial charge in [0.25, 0.3) is 5.69 Å². The Bertz CT molecular complexity index is 600. The lowest BCUT2D eigenvalue weighted by molar-refractivity contribution is -0.385. The summed E-state index contributed by atoms with van der Waals surface area (Å²) in [5.41, 5.74) is 1.32. The number of hydrogen-bond donors (Lipinski definition) is 2. The van der Waals surface area contributed by atoms with Crippen molar-refractivity contribution in [3.63, 3.8) is 0 Å². The Labute approximate surface area is 121 Å². The topological polar surface area (TPSA) is 113 Å². The van der Waals surface area contributed by atoms with E-state index < -0.39 is 23.0 Å². The molecule has 1 aromatic carbocycles. The van der Waals surface area contributed by atoms with E-state index in [9.17, 15) is 19.7 Å². The summed E-state index contributed by atoms with van der Waals surface area (Å²) in [6.07, 6.45) is 0. The molecular formula is C13H17N3O5. The molecule has 2 N–H and O–H groups in total. The van der Waals surface area contributed by atoms with Crippen LogP contribution in [0.2, 0.25) is 0 Å². The average Bonchev–Trinajstić information content (AvgIpc) is 2.40. The first-order valence-corrected chi connectivity index (χ1v) is 6.17. The van der Waals surface area contributed by atoms with Gasteiger partial charge in [0.1, 0.15) is 6.04 Å². The maximum Gasteiger partial charge on any atom is 0.326 e. The number of carboxylic acid groups (broad SMARTS) is 1. The van der Waals surface area contributed by atoms with Gasteiger partial charge < -0.3 is 15.3 Å². The van der Waals surface area contributed by atoms with Crippen molar-refractivity contribution in [3.8, 4) is 0 Å². The standard InChI is InChI=1S/C13H17N3O5/c1-7-6-11(16(20)21)8(2)5-10(7)14-13(19)15(4)9(3)12(17)18/h5-6,9H,1-4H3,(H,14,19)(H,17,18). The van der Waals surface area contributed by atoms with Crippen molar-refractivity contribution >= 4 is 23.4 Å². The maximum atomic E-state index is 12.0. The van der Waals surface area contributed by atoms with Crippen LogP contribution >= 0.6 is 0 Å². The van der Waals surface area contributed by atoms with Gasteiger partial charge in [-0.2, -0.15) is 0 Å². The van der Waals surface area contributed by atoms with Gasteiger partial charge >= 0.3 is 12.0 Å². The molecule has 8 nitrogen and oxygen atoms in total. The van der Waals surface area contributed by atoms with E-state index in [1.54, 1.807) is 13.8 Å². The van der Waals surface area contributed by atoms with E-state index in [4.69, 9.17) is 5.11 Å². The molecule has 0 aliphatic rings. The average molecular weight is 295 g/mol. The highest BCUT2D eigenvalue weighted by Crippen LogP contribution is 2.26. The summed E-state index contributed by atoms with van der Waals surface area (Å²) >= 11 is 0. The minimum atomic E-state index is -1.12. The van der Waals surface area contributed by atoms with Crippen LogP contribution in [0.25, 0.3) is 0 Å². The summed E-state index contributed by atoms with van der Waals surface area (Å²) in [6.45, 7) is 4.58. The Hall–Kier alpha value is -2.64. The molecule has 8 heteroatoms. The maximum absolute atomic E-state index is 12.0. The number of carbonyl (C=O) groups excluding carboxylic acids is 1. The zero-order chi connectivity index (χ0) is 16.3. The fraction of sp³-hybridized carbons (Fsp3) is 0.385. The van der Waals surface area contributed by atoms with Gasteiger partial charge in [-0.05, 0) is 32.4 Å². The van der Waals surface area contributed by atoms with E-state index in [-0.39, 0.29) is 5.69 Å². The molecule has 1 atom stereocenters. The van der Waals surface area contributed by atoms with Crippen LogP contribution in [0.4, 0.5) is 16.2 Å². The van der Waals surface area contributed by atoms with Crippen molar-refractivity contribution in [3.05, 3.63) is 33.4 Å². The zero-order valence-electron chi connectivity index (χ0n) is 12.2. The highest BCUT2D eigenvalue weighted by molar-refractivity contribution is 5.93. The lowest BCUT2D eigenvalue weighted by Gasteiger charge is -2.22. The highest BCUT2D eigenvalue weighted by atomic mass is 16.6. The molecule has 1 unspecified atom stereocenters. The van der Waals surface area contributed by atoms with Gasteiger partial charge in [-0.25, -0.2) is 9.59 Å². The third-order valence-electron chi connectivity index (χ3n) is 3.24. The lowest BCUT2D eigenvalue weighted by atomic mass is 10.1. The molecule has 1 aromatic rings. The van der Waals surface area contributed by atoms with Crippen LogP contribution in [0, 0.1) is 24.0 Å². The number of aryl methyl sites for hydroxylation is 2. The first-order chi connectivity index (χ1) is 9.65. The number of aliphatic carboxylic acids is 1. The summed E-state index contributed by atoms with van der Waals surface area (Å²) in [5, 5.41) is 22.2. The molecule has 1 rings (SSSR count). The minimum Gasteiger partial charge on any atom is -0.480 e. The number of benzene rings is 1. The number of nitro groups is 1. The van der Waals surface area contributed by atoms with Gasteiger partial charge in [-0.15, -0.1) is 0 Å². The van der Waals surface area contributed by atoms with Crippen LogP contribution in [0.3, 0.4) is 0 Å². The third kappa shape index (κ3) is 3.68. The monoisotopic (exact) mass is 295 g/mol. The van der Waals surface area contributed by atoms with Crippen molar-refractivity contribution in [2.45, 2.75) is 26.8 Å². The van der Waals surface area contributed by atoms with Crippen molar-refractivity contribution in [1.82, 2.24) is 4.90 Å². The van der Waals surface area contributed by atoms with Crippen molar-refractivity contribution in [2.75, 3.05) is 12.4 Å². The number of anilines is 1. The summed E-state index contributed by atoms with van der Waals surface area (Å²) in [7, 11) is 1.36. The number of nitrogens with zero attached hydrogens (tertiary/aromatic N) is 2. The molecule has 0 bridgehead atoms. The van der Waals surface area contributed by atoms with Crippen LogP contribution in [-0.2, 0) is 4.79 Å². The SMILES string of the molecule is Cc1cc([N+](=O)[O-])c(C)cc1NC(=O)N(C)C(C)C(=O)O. The van der Waals surface area contributed by atoms with Crippen LogP contribution < -0.4 is 5.32 Å². The molecule has 0 aliphatic heterocycles. The molecule has 0 fully saturated rings. The number of hydrogen-bond acceptors (Lipinski definition) is 4. The number of likely N-dealkylation sites (N-methyl/N-ethyl adjacent to an activating group) is 1. The normalized spacial score (nSPS) is 11.6. The minimum absolute atomic E-state index is 0.0299. The molecule has 2 amide bonds. The predicted octanol–water partition coefficient (Wildman–Crippen LogP) is 2.15. The summed E-state index contributed by atoms with van der Waals surface area (Å²) in [4.78, 5) is 34.2. The van der Waals surface area contributed by atoms with Crippen molar-refractivity contribution in [2.24, 2.45) is 0 Å². The Balaban J connectivity index is 2.99. The molecule has 0 saturated heterocycles. The zero-order valence-corrected chi connectivity index (χ0v) is 12.2.